The molecule has 1 nitrogen and oxygen atoms in total. The molecule has 0 aromatic heterocycles. The highest BCUT2D eigenvalue weighted by molar-refractivity contribution is 7.20. The Kier molecular flexibility index (Phi) is 13.7. The van der Waals surface area contributed by atoms with Crippen LogP contribution in [0.4, 0.5) is 117 Å². The molecule has 0 bridgehead atoms. The van der Waals surface area contributed by atoms with Crippen molar-refractivity contribution in [1.82, 2.24) is 4.48 Å². The minimum absolute atomic E-state index is 0.354. The topological polar surface area (TPSA) is 0 Å². The molecule has 0 radical (unpaired) electrons. The molecule has 67 heavy (non-hydrogen) atoms. The van der Waals surface area contributed by atoms with Crippen LogP contribution in [-0.4, -0.2) is 20.2 Å². The van der Waals surface area contributed by atoms with Gasteiger partial charge in [-0.05, 0) is 20.8 Å². The van der Waals surface area contributed by atoms with Crippen LogP contribution in [0.25, 0.3) is 0 Å². The van der Waals surface area contributed by atoms with Crippen LogP contribution in [0.3, 0.4) is 0 Å². The number of quaternary nitrogens is 1. The Morgan fingerprint density at radius 3 is 0.731 bits per heavy atom. The third-order valence-corrected chi connectivity index (χ3v) is 10.6. The third-order valence-electron chi connectivity index (χ3n) is 10.6. The zero-order valence-corrected chi connectivity index (χ0v) is 33.3. The summed E-state index contributed by atoms with van der Waals surface area (Å²) in [6.45, 7) is 5.57. The van der Waals surface area contributed by atoms with E-state index >= 15 is 35.1 Å². The molecule has 0 aliphatic rings. The Balaban J connectivity index is 0.000000319. The summed E-state index contributed by atoms with van der Waals surface area (Å²) in [6, 6.07) is 4.16. The SMILES string of the molecule is Cc1cc(C)c([N+](C)(C)c2c(F)cc(F)c(F)c2F)c(C)c1.Fc1c(F)c(F)c([B-](c2c(F)c(F)c(F)c(F)c2F)(c2c(F)c(F)c(F)c(F)c2F)c2c(F)c(F)c(F)c(F)c2F)c(F)c1F. The second-order valence-corrected chi connectivity index (χ2v) is 14.8. The van der Waals surface area contributed by atoms with Crippen LogP contribution in [0.2, 0.25) is 0 Å². The molecule has 0 heterocycles. The van der Waals surface area contributed by atoms with E-state index in [1.165, 1.54) is 0 Å². The van der Waals surface area contributed by atoms with Crippen LogP contribution < -0.4 is 26.3 Å². The number of aryl methyl sites for hydroxylation is 3. The summed E-state index contributed by atoms with van der Waals surface area (Å²) >= 11 is 0. The van der Waals surface area contributed by atoms with Crippen molar-refractivity contribution in [2.24, 2.45) is 0 Å². The monoisotopic (exact) mass is 991 g/mol. The lowest BCUT2D eigenvalue weighted by molar-refractivity contribution is 0.378. The molecule has 0 amide bonds. The lowest BCUT2D eigenvalue weighted by Crippen LogP contribution is -2.81. The molecule has 6 aromatic carbocycles. The number of halogens is 24. The summed E-state index contributed by atoms with van der Waals surface area (Å²) in [7, 11) is 3.09. The average molecular weight is 991 g/mol. The van der Waals surface area contributed by atoms with E-state index in [-0.39, 0.29) is 4.48 Å². The van der Waals surface area contributed by atoms with Gasteiger partial charge in [0.05, 0.1) is 14.1 Å². The van der Waals surface area contributed by atoms with Gasteiger partial charge in [0.2, 0.25) is 17.3 Å². The van der Waals surface area contributed by atoms with Gasteiger partial charge in [-0.3, -0.25) is 4.48 Å². The summed E-state index contributed by atoms with van der Waals surface area (Å²) in [5.74, 6) is -77.2. The summed E-state index contributed by atoms with van der Waals surface area (Å²) in [5.41, 5.74) is -11.5. The van der Waals surface area contributed by atoms with Crippen molar-refractivity contribution >= 4 is 39.4 Å². The van der Waals surface area contributed by atoms with Gasteiger partial charge in [0.1, 0.15) is 58.4 Å². The maximum atomic E-state index is 15.4. The van der Waals surface area contributed by atoms with Crippen LogP contribution in [0.1, 0.15) is 16.7 Å². The van der Waals surface area contributed by atoms with Gasteiger partial charge in [-0.15, -0.1) is 21.9 Å². The molecular weight excluding hydrogens is 973 g/mol. The smallest absolute Gasteiger partial charge is 0.225 e. The van der Waals surface area contributed by atoms with E-state index in [0.717, 1.165) is 16.7 Å². The second kappa shape index (κ2) is 17.7. The standard InChI is InChI=1S/C24BF20.C17H18F4N/c26-5-1(6(27)14(35)21(42)13(5)34)25(2-7(28)15(36)22(43)16(37)8(2)29,3-9(30)17(38)23(44)18(39)10(3)31)4-11(32)19(40)24(45)20(41)12(4)33;1-9-6-10(2)16(11(3)7-9)22(4,5)17-13(19)8-12(18)14(20)15(17)21/h;6-8H,1-5H3/q-1;+1. The van der Waals surface area contributed by atoms with Crippen molar-refractivity contribution in [3.8, 4) is 0 Å². The fourth-order valence-corrected chi connectivity index (χ4v) is 8.11. The molecule has 0 fully saturated rings. The highest BCUT2D eigenvalue weighted by atomic mass is 19.2. The number of benzene rings is 6. The number of rotatable bonds is 6. The van der Waals surface area contributed by atoms with Crippen molar-refractivity contribution in [2.75, 3.05) is 14.1 Å². The first-order chi connectivity index (χ1) is 30.8. The lowest BCUT2D eigenvalue weighted by atomic mass is 9.12. The third kappa shape index (κ3) is 7.59. The van der Waals surface area contributed by atoms with Gasteiger partial charge < -0.3 is 0 Å². The van der Waals surface area contributed by atoms with Gasteiger partial charge in [0.15, 0.2) is 81.4 Å². The molecule has 0 saturated heterocycles. The molecule has 0 aliphatic carbocycles. The predicted molar refractivity (Wildman–Crippen MR) is 189 cm³/mol. The zero-order chi connectivity index (χ0) is 51.2. The van der Waals surface area contributed by atoms with Crippen LogP contribution in [0.15, 0.2) is 18.2 Å². The largest absolute Gasteiger partial charge is 0.258 e. The normalized spacial score (nSPS) is 12.0. The minimum Gasteiger partial charge on any atom is -0.258 e. The first kappa shape index (κ1) is 51.6. The Labute approximate surface area is 358 Å². The van der Waals surface area contributed by atoms with Crippen molar-refractivity contribution < 1.29 is 105 Å². The van der Waals surface area contributed by atoms with Gasteiger partial charge in [-0.1, -0.05) is 17.7 Å². The molecule has 6 rings (SSSR count). The molecule has 26 heteroatoms. The fraction of sp³-hybridized carbons (Fsp3) is 0.122. The minimum atomic E-state index is -7.22. The quantitative estimate of drug-likeness (QED) is 0.0513. The second-order valence-electron chi connectivity index (χ2n) is 14.8. The van der Waals surface area contributed by atoms with E-state index in [4.69, 9.17) is 0 Å². The summed E-state index contributed by atoms with van der Waals surface area (Å²) in [6.07, 6.45) is -7.22. The maximum absolute atomic E-state index is 15.4. The summed E-state index contributed by atoms with van der Waals surface area (Å²) in [4.78, 5) is 0. The molecule has 358 valence electrons. The number of nitrogens with zero attached hydrogens (tertiary/aromatic N) is 1. The summed E-state index contributed by atoms with van der Waals surface area (Å²) < 4.78 is 349. The van der Waals surface area contributed by atoms with Crippen LogP contribution in [0, 0.1) is 160 Å². The molecule has 0 atom stereocenters. The fourth-order valence-electron chi connectivity index (χ4n) is 8.11. The van der Waals surface area contributed by atoms with Crippen molar-refractivity contribution in [3.63, 3.8) is 0 Å². The lowest BCUT2D eigenvalue weighted by Gasteiger charge is -2.44. The number of hydrogen-bond acceptors (Lipinski definition) is 0. The van der Waals surface area contributed by atoms with Crippen LogP contribution >= 0.6 is 0 Å². The molecule has 0 aliphatic heterocycles. The van der Waals surface area contributed by atoms with E-state index < -0.39 is 173 Å². The first-order valence-electron chi connectivity index (χ1n) is 17.8. The van der Waals surface area contributed by atoms with Crippen LogP contribution in [-0.2, 0) is 0 Å². The Bertz CT molecular complexity index is 2670. The highest BCUT2D eigenvalue weighted by Gasteiger charge is 2.52. The Hall–Kier alpha value is -6.34. The Morgan fingerprint density at radius 1 is 0.269 bits per heavy atom. The van der Waals surface area contributed by atoms with Crippen molar-refractivity contribution in [2.45, 2.75) is 20.8 Å². The van der Waals surface area contributed by atoms with E-state index in [1.807, 2.05) is 32.9 Å². The average Bonchev–Trinajstić information content (AvgIpc) is 3.25. The van der Waals surface area contributed by atoms with Gasteiger partial charge in [-0.25, -0.2) is 101 Å². The Morgan fingerprint density at radius 2 is 0.493 bits per heavy atom. The first-order valence-corrected chi connectivity index (χ1v) is 17.8. The molecule has 0 saturated carbocycles. The number of hydrogen-bond donors (Lipinski definition) is 0. The molecule has 6 aromatic rings. The molecule has 0 unspecified atom stereocenters. The highest BCUT2D eigenvalue weighted by Crippen LogP contribution is 2.41. The van der Waals surface area contributed by atoms with E-state index in [9.17, 15) is 70.2 Å². The van der Waals surface area contributed by atoms with E-state index in [2.05, 4.69) is 0 Å². The maximum Gasteiger partial charge on any atom is 0.225 e. The van der Waals surface area contributed by atoms with Gasteiger partial charge in [0.25, 0.3) is 0 Å². The predicted octanol–water partition coefficient (Wildman–Crippen LogP) is 10.9. The van der Waals surface area contributed by atoms with Crippen molar-refractivity contribution in [3.05, 3.63) is 175 Å². The summed E-state index contributed by atoms with van der Waals surface area (Å²) in [5, 5.41) is 0. The van der Waals surface area contributed by atoms with E-state index in [0.29, 0.717) is 11.8 Å². The molecule has 0 spiro atoms. The van der Waals surface area contributed by atoms with Gasteiger partial charge in [0, 0.05) is 17.2 Å². The molecular formula is C41H18BF24N. The van der Waals surface area contributed by atoms with Gasteiger partial charge in [-0.2, -0.15) is 4.39 Å². The molecule has 0 N–H and O–H groups in total. The van der Waals surface area contributed by atoms with Gasteiger partial charge >= 0.3 is 0 Å². The van der Waals surface area contributed by atoms with Crippen LogP contribution in [0.5, 0.6) is 0 Å². The zero-order valence-electron chi connectivity index (χ0n) is 33.3. The van der Waals surface area contributed by atoms with E-state index in [1.54, 1.807) is 14.1 Å². The van der Waals surface area contributed by atoms with Crippen molar-refractivity contribution in [1.29, 1.82) is 0 Å².